The third kappa shape index (κ3) is 4.28. The van der Waals surface area contributed by atoms with E-state index in [0.717, 1.165) is 31.3 Å². The summed E-state index contributed by atoms with van der Waals surface area (Å²) < 4.78 is 6.36. The maximum atomic E-state index is 12.1. The van der Waals surface area contributed by atoms with Gasteiger partial charge in [0, 0.05) is 26.5 Å². The molecule has 1 aliphatic rings. The van der Waals surface area contributed by atoms with Crippen LogP contribution in [0.25, 0.3) is 0 Å². The first-order chi connectivity index (χ1) is 13.2. The molecule has 0 saturated heterocycles. The molecule has 1 N–H and O–H groups in total. The minimum atomic E-state index is -0.794. The fourth-order valence-corrected chi connectivity index (χ4v) is 4.31. The van der Waals surface area contributed by atoms with Crippen LogP contribution in [0, 0.1) is 6.92 Å². The largest absolute Gasteiger partial charge is 0.453 e. The average Bonchev–Trinajstić information content (AvgIpc) is 3.04. The number of alkyl carbamates (subject to hydrolysis) is 1. The van der Waals surface area contributed by atoms with Gasteiger partial charge < -0.3 is 9.57 Å². The highest BCUT2D eigenvalue weighted by Gasteiger charge is 2.37. The van der Waals surface area contributed by atoms with Crippen molar-refractivity contribution in [3.63, 3.8) is 0 Å². The number of carbonyl (C=O) groups excluding carboxylic acids is 2. The normalized spacial score (nSPS) is 18.2. The number of nitrogens with zero attached hydrogens (tertiary/aromatic N) is 1. The minimum absolute atomic E-state index is 0.396. The van der Waals surface area contributed by atoms with Gasteiger partial charge in [-0.05, 0) is 55.3 Å². The molecule has 0 aliphatic carbocycles. The van der Waals surface area contributed by atoms with E-state index in [-0.39, 0.29) is 0 Å². The number of carbonyl (C=O) groups is 2. The number of imide groups is 1. The summed E-state index contributed by atoms with van der Waals surface area (Å²) in [5.41, 5.74) is 3.19. The van der Waals surface area contributed by atoms with Crippen LogP contribution in [-0.4, -0.2) is 24.8 Å². The molecular weight excluding hydrogens is 492 g/mol. The molecule has 3 rings (SSSR count). The van der Waals surface area contributed by atoms with Gasteiger partial charge in [0.15, 0.2) is 5.60 Å². The van der Waals surface area contributed by atoms with Gasteiger partial charge in [0.25, 0.3) is 5.91 Å². The molecule has 8 heteroatoms. The van der Waals surface area contributed by atoms with Gasteiger partial charge in [0.2, 0.25) is 0 Å². The molecule has 0 radical (unpaired) electrons. The molecule has 28 heavy (non-hydrogen) atoms. The van der Waals surface area contributed by atoms with Gasteiger partial charge in [0.05, 0.1) is 12.8 Å². The Balaban J connectivity index is 1.81. The third-order valence-corrected chi connectivity index (χ3v) is 5.46. The fourth-order valence-electron chi connectivity index (χ4n) is 3.02. The van der Waals surface area contributed by atoms with Crippen molar-refractivity contribution in [1.82, 2.24) is 5.32 Å². The van der Waals surface area contributed by atoms with Gasteiger partial charge in [-0.15, -0.1) is 0 Å². The van der Waals surface area contributed by atoms with Crippen LogP contribution in [0.3, 0.4) is 0 Å². The Kier molecular flexibility index (Phi) is 5.90. The molecule has 1 heterocycles. The molecule has 146 valence electrons. The van der Waals surface area contributed by atoms with Crippen LogP contribution in [-0.2, 0) is 15.2 Å². The van der Waals surface area contributed by atoms with E-state index in [9.17, 15) is 9.59 Å². The fraction of sp³-hybridized carbons (Fsp3) is 0.250. The molecule has 1 atom stereocenters. The maximum Gasteiger partial charge on any atom is 0.413 e. The third-order valence-electron chi connectivity index (χ3n) is 4.54. The lowest BCUT2D eigenvalue weighted by atomic mass is 9.88. The molecule has 0 spiro atoms. The van der Waals surface area contributed by atoms with Crippen LogP contribution in [0.1, 0.15) is 40.4 Å². The van der Waals surface area contributed by atoms with Crippen molar-refractivity contribution in [3.8, 4) is 0 Å². The zero-order chi connectivity index (χ0) is 20.5. The quantitative estimate of drug-likeness (QED) is 0.627. The number of oxime groups is 1. The zero-order valence-corrected chi connectivity index (χ0v) is 18.7. The van der Waals surface area contributed by atoms with Gasteiger partial charge in [-0.25, -0.2) is 4.79 Å². The molecule has 1 unspecified atom stereocenters. The number of benzene rings is 2. The lowest BCUT2D eigenvalue weighted by Gasteiger charge is -2.22. The average molecular weight is 510 g/mol. The van der Waals surface area contributed by atoms with Gasteiger partial charge in [-0.2, -0.15) is 0 Å². The number of methoxy groups -OCH3 is 1. The van der Waals surface area contributed by atoms with Crippen molar-refractivity contribution in [3.05, 3.63) is 67.6 Å². The van der Waals surface area contributed by atoms with Gasteiger partial charge in [-0.3, -0.25) is 10.1 Å². The molecule has 0 bridgehead atoms. The summed E-state index contributed by atoms with van der Waals surface area (Å²) in [6.07, 6.45) is -0.207. The van der Waals surface area contributed by atoms with Crippen LogP contribution >= 0.6 is 31.9 Å². The predicted octanol–water partition coefficient (Wildman–Crippen LogP) is 5.06. The second-order valence-electron chi connectivity index (χ2n) is 6.67. The van der Waals surface area contributed by atoms with Crippen molar-refractivity contribution < 1.29 is 19.2 Å². The number of halogens is 2. The van der Waals surface area contributed by atoms with Crippen LogP contribution < -0.4 is 5.32 Å². The van der Waals surface area contributed by atoms with Crippen LogP contribution in [0.15, 0.2) is 50.5 Å². The standard InChI is InChI=1S/C20H18Br2N2O4/c1-11-6-12(4-5-16(11)18(25)23-19(26)27-3)17-10-20(2,28-24-17)13-7-14(21)9-15(22)8-13/h4-9H,10H2,1-3H3,(H,23,25,26). The number of aryl methyl sites for hydroxylation is 1. The second kappa shape index (κ2) is 8.05. The lowest BCUT2D eigenvalue weighted by molar-refractivity contribution is -0.00747. The van der Waals surface area contributed by atoms with Gasteiger partial charge >= 0.3 is 6.09 Å². The Morgan fingerprint density at radius 2 is 1.86 bits per heavy atom. The summed E-state index contributed by atoms with van der Waals surface area (Å²) in [6.45, 7) is 3.79. The van der Waals surface area contributed by atoms with Crippen molar-refractivity contribution in [2.45, 2.75) is 25.9 Å². The van der Waals surface area contributed by atoms with Crippen molar-refractivity contribution in [2.24, 2.45) is 5.16 Å². The summed E-state index contributed by atoms with van der Waals surface area (Å²) in [4.78, 5) is 29.2. The molecule has 0 fully saturated rings. The molecular formula is C20H18Br2N2O4. The Bertz CT molecular complexity index is 970. The first kappa shape index (κ1) is 20.5. The summed E-state index contributed by atoms with van der Waals surface area (Å²) in [7, 11) is 1.21. The van der Waals surface area contributed by atoms with Crippen LogP contribution in [0.5, 0.6) is 0 Å². The van der Waals surface area contributed by atoms with E-state index in [1.807, 2.05) is 31.2 Å². The maximum absolute atomic E-state index is 12.1. The number of hydrogen-bond donors (Lipinski definition) is 1. The molecule has 2 amide bonds. The number of rotatable bonds is 3. The van der Waals surface area contributed by atoms with Crippen molar-refractivity contribution >= 4 is 49.6 Å². The van der Waals surface area contributed by atoms with Crippen LogP contribution in [0.2, 0.25) is 0 Å². The summed E-state index contributed by atoms with van der Waals surface area (Å²) in [6, 6.07) is 11.3. The van der Waals surface area contributed by atoms with E-state index in [1.165, 1.54) is 7.11 Å². The highest BCUT2D eigenvalue weighted by atomic mass is 79.9. The smallest absolute Gasteiger partial charge is 0.413 e. The van der Waals surface area contributed by atoms with Crippen molar-refractivity contribution in [1.29, 1.82) is 0 Å². The molecule has 6 nitrogen and oxygen atoms in total. The lowest BCUT2D eigenvalue weighted by Crippen LogP contribution is -2.30. The second-order valence-corrected chi connectivity index (χ2v) is 8.50. The Morgan fingerprint density at radius 3 is 2.46 bits per heavy atom. The SMILES string of the molecule is COC(=O)NC(=O)c1ccc(C2=NOC(C)(c3cc(Br)cc(Br)c3)C2)cc1C. The van der Waals surface area contributed by atoms with Crippen molar-refractivity contribution in [2.75, 3.05) is 7.11 Å². The van der Waals surface area contributed by atoms with Gasteiger partial charge in [0.1, 0.15) is 0 Å². The van der Waals surface area contributed by atoms with E-state index in [2.05, 4.69) is 47.1 Å². The zero-order valence-electron chi connectivity index (χ0n) is 15.5. The van der Waals surface area contributed by atoms with E-state index >= 15 is 0 Å². The minimum Gasteiger partial charge on any atom is -0.453 e. The highest BCUT2D eigenvalue weighted by molar-refractivity contribution is 9.11. The number of hydrogen-bond acceptors (Lipinski definition) is 5. The summed E-state index contributed by atoms with van der Waals surface area (Å²) in [5, 5.41) is 6.44. The number of nitrogens with one attached hydrogen (secondary N) is 1. The first-order valence-corrected chi connectivity index (χ1v) is 10.0. The van der Waals surface area contributed by atoms with E-state index in [4.69, 9.17) is 4.84 Å². The Labute approximate surface area is 179 Å². The Morgan fingerprint density at radius 1 is 1.18 bits per heavy atom. The predicted molar refractivity (Wildman–Crippen MR) is 112 cm³/mol. The topological polar surface area (TPSA) is 77.0 Å². The summed E-state index contributed by atoms with van der Waals surface area (Å²) in [5.74, 6) is -0.510. The van der Waals surface area contributed by atoms with Gasteiger partial charge in [-0.1, -0.05) is 43.1 Å². The molecule has 0 saturated carbocycles. The number of amides is 2. The molecule has 2 aromatic carbocycles. The molecule has 1 aliphatic heterocycles. The number of ether oxygens (including phenoxy) is 1. The van der Waals surface area contributed by atoms with E-state index in [0.29, 0.717) is 12.0 Å². The van der Waals surface area contributed by atoms with E-state index < -0.39 is 17.6 Å². The Hall–Kier alpha value is -2.19. The molecule has 0 aromatic heterocycles. The summed E-state index contributed by atoms with van der Waals surface area (Å²) >= 11 is 7.01. The monoisotopic (exact) mass is 508 g/mol. The highest BCUT2D eigenvalue weighted by Crippen LogP contribution is 2.38. The van der Waals surface area contributed by atoms with E-state index in [1.54, 1.807) is 19.1 Å². The van der Waals surface area contributed by atoms with Crippen LogP contribution in [0.4, 0.5) is 4.79 Å². The first-order valence-electron chi connectivity index (χ1n) is 8.44. The molecule has 2 aromatic rings.